The van der Waals surface area contributed by atoms with Crippen LogP contribution in [0, 0.1) is 6.92 Å². The van der Waals surface area contributed by atoms with E-state index in [0.717, 1.165) is 11.3 Å². The Morgan fingerprint density at radius 3 is 3.00 bits per heavy atom. The van der Waals surface area contributed by atoms with Crippen molar-refractivity contribution >= 4 is 11.6 Å². The molecule has 0 N–H and O–H groups in total. The fourth-order valence-electron chi connectivity index (χ4n) is 1.06. The molecule has 0 saturated heterocycles. The zero-order chi connectivity index (χ0) is 9.68. The van der Waals surface area contributed by atoms with Gasteiger partial charge in [-0.3, -0.25) is 0 Å². The molecular formula is C8H9ClN4. The van der Waals surface area contributed by atoms with E-state index >= 15 is 0 Å². The first kappa shape index (κ1) is 9.84. The van der Waals surface area contributed by atoms with Crippen LogP contribution in [0.3, 0.4) is 0 Å². The van der Waals surface area contributed by atoms with Crippen molar-refractivity contribution in [3.8, 4) is 0 Å². The van der Waals surface area contributed by atoms with E-state index in [2.05, 4.69) is 15.0 Å². The molecule has 0 fully saturated rings. The summed E-state index contributed by atoms with van der Waals surface area (Å²) in [5.41, 5.74) is 10.00. The Morgan fingerprint density at radius 2 is 2.38 bits per heavy atom. The molecule has 0 aliphatic heterocycles. The highest BCUT2D eigenvalue weighted by Gasteiger charge is 1.96. The fraction of sp³-hybridized carbons (Fsp3) is 0.375. The number of hydrogen-bond acceptors (Lipinski definition) is 2. The molecule has 1 aromatic heterocycles. The third kappa shape index (κ3) is 3.32. The minimum atomic E-state index is 0.455. The zero-order valence-corrected chi connectivity index (χ0v) is 7.99. The molecule has 0 aromatic carbocycles. The number of aryl methyl sites for hydroxylation is 1. The Balaban J connectivity index is 2.71. The van der Waals surface area contributed by atoms with Crippen LogP contribution in [0.4, 0.5) is 0 Å². The van der Waals surface area contributed by atoms with Crippen LogP contribution in [0.1, 0.15) is 11.3 Å². The van der Waals surface area contributed by atoms with Crippen molar-refractivity contribution in [3.05, 3.63) is 39.0 Å². The second-order valence-electron chi connectivity index (χ2n) is 2.64. The van der Waals surface area contributed by atoms with Crippen LogP contribution < -0.4 is 0 Å². The Morgan fingerprint density at radius 1 is 1.62 bits per heavy atom. The smallest absolute Gasteiger partial charge is 0.129 e. The lowest BCUT2D eigenvalue weighted by molar-refractivity contribution is 0.947. The van der Waals surface area contributed by atoms with Crippen LogP contribution in [-0.2, 0) is 6.42 Å². The van der Waals surface area contributed by atoms with Crippen molar-refractivity contribution in [2.24, 2.45) is 5.11 Å². The lowest BCUT2D eigenvalue weighted by atomic mass is 10.2. The third-order valence-corrected chi connectivity index (χ3v) is 1.74. The molecule has 4 nitrogen and oxygen atoms in total. The highest BCUT2D eigenvalue weighted by atomic mass is 35.5. The molecule has 0 aliphatic carbocycles. The molecule has 1 aromatic rings. The summed E-state index contributed by atoms with van der Waals surface area (Å²) in [4.78, 5) is 6.70. The van der Waals surface area contributed by atoms with Crippen molar-refractivity contribution in [2.75, 3.05) is 6.54 Å². The molecule has 68 valence electrons. The Labute approximate surface area is 81.2 Å². The largest absolute Gasteiger partial charge is 0.241 e. The minimum Gasteiger partial charge on any atom is -0.241 e. The molecule has 0 spiro atoms. The third-order valence-electron chi connectivity index (χ3n) is 1.55. The summed E-state index contributed by atoms with van der Waals surface area (Å²) in [7, 11) is 0. The van der Waals surface area contributed by atoms with E-state index in [0.29, 0.717) is 18.1 Å². The lowest BCUT2D eigenvalue weighted by Gasteiger charge is -2.00. The Bertz CT molecular complexity index is 324. The standard InChI is InChI=1S/C8H9ClN4/c1-6-4-7(2-3-11-13-10)5-8(9)12-6/h4-5H,2-3H2,1H3. The number of nitrogens with zero attached hydrogens (tertiary/aromatic N) is 4. The van der Waals surface area contributed by atoms with Crippen LogP contribution in [0.25, 0.3) is 10.4 Å². The number of halogens is 1. The van der Waals surface area contributed by atoms with E-state index in [1.807, 2.05) is 13.0 Å². The number of pyridine rings is 1. The maximum absolute atomic E-state index is 8.07. The molecule has 1 heterocycles. The molecule has 0 bridgehead atoms. The molecule has 0 aliphatic rings. The molecule has 0 saturated carbocycles. The van der Waals surface area contributed by atoms with Crippen LogP contribution in [0.5, 0.6) is 0 Å². The van der Waals surface area contributed by atoms with Gasteiger partial charge in [0, 0.05) is 17.2 Å². The van der Waals surface area contributed by atoms with Gasteiger partial charge in [0.25, 0.3) is 0 Å². The SMILES string of the molecule is Cc1cc(CCN=[N+]=[N-])cc(Cl)n1. The summed E-state index contributed by atoms with van der Waals surface area (Å²) in [5, 5.41) is 3.93. The molecule has 13 heavy (non-hydrogen) atoms. The van der Waals surface area contributed by atoms with Gasteiger partial charge in [-0.15, -0.1) is 0 Å². The van der Waals surface area contributed by atoms with Gasteiger partial charge in [-0.2, -0.15) is 0 Å². The number of hydrogen-bond donors (Lipinski definition) is 0. The Hall–Kier alpha value is -1.25. The normalized spacial score (nSPS) is 9.38. The molecule has 0 radical (unpaired) electrons. The summed E-state index contributed by atoms with van der Waals surface area (Å²) < 4.78 is 0. The van der Waals surface area contributed by atoms with E-state index in [1.165, 1.54) is 0 Å². The highest BCUT2D eigenvalue weighted by Crippen LogP contribution is 2.10. The summed E-state index contributed by atoms with van der Waals surface area (Å²) >= 11 is 5.75. The highest BCUT2D eigenvalue weighted by molar-refractivity contribution is 6.29. The lowest BCUT2D eigenvalue weighted by Crippen LogP contribution is -1.91. The topological polar surface area (TPSA) is 61.7 Å². The average molecular weight is 197 g/mol. The van der Waals surface area contributed by atoms with Gasteiger partial charge in [-0.25, -0.2) is 4.98 Å². The molecule has 0 unspecified atom stereocenters. The molecule has 0 atom stereocenters. The van der Waals surface area contributed by atoms with Crippen molar-refractivity contribution in [3.63, 3.8) is 0 Å². The summed E-state index contributed by atoms with van der Waals surface area (Å²) in [5.74, 6) is 0. The van der Waals surface area contributed by atoms with E-state index in [4.69, 9.17) is 17.1 Å². The van der Waals surface area contributed by atoms with Gasteiger partial charge in [-0.1, -0.05) is 16.7 Å². The summed E-state index contributed by atoms with van der Waals surface area (Å²) in [6.07, 6.45) is 0.702. The first-order valence-corrected chi connectivity index (χ1v) is 4.24. The van der Waals surface area contributed by atoms with Crippen LogP contribution >= 0.6 is 11.6 Å². The molecular weight excluding hydrogens is 188 g/mol. The first-order valence-electron chi connectivity index (χ1n) is 3.86. The van der Waals surface area contributed by atoms with Crippen molar-refractivity contribution in [1.29, 1.82) is 0 Å². The van der Waals surface area contributed by atoms with Gasteiger partial charge in [-0.05, 0) is 36.6 Å². The maximum atomic E-state index is 8.07. The van der Waals surface area contributed by atoms with Crippen LogP contribution in [0.15, 0.2) is 17.2 Å². The van der Waals surface area contributed by atoms with Crippen molar-refractivity contribution < 1.29 is 0 Å². The summed E-state index contributed by atoms with van der Waals surface area (Å²) in [6.45, 7) is 2.33. The van der Waals surface area contributed by atoms with Gasteiger partial charge >= 0.3 is 0 Å². The van der Waals surface area contributed by atoms with Gasteiger partial charge in [0.2, 0.25) is 0 Å². The minimum absolute atomic E-state index is 0.455. The monoisotopic (exact) mass is 196 g/mol. The fourth-order valence-corrected chi connectivity index (χ4v) is 1.34. The van der Waals surface area contributed by atoms with E-state index in [1.54, 1.807) is 6.07 Å². The van der Waals surface area contributed by atoms with Gasteiger partial charge in [0.05, 0.1) is 0 Å². The molecule has 5 heteroatoms. The number of aromatic nitrogens is 1. The van der Waals surface area contributed by atoms with Crippen LogP contribution in [-0.4, -0.2) is 11.5 Å². The Kier molecular flexibility index (Phi) is 3.55. The number of azide groups is 1. The zero-order valence-electron chi connectivity index (χ0n) is 7.24. The first-order chi connectivity index (χ1) is 6.22. The molecule has 1 rings (SSSR count). The second-order valence-corrected chi connectivity index (χ2v) is 3.03. The average Bonchev–Trinajstić information content (AvgIpc) is 2.03. The van der Waals surface area contributed by atoms with E-state index < -0.39 is 0 Å². The van der Waals surface area contributed by atoms with E-state index in [9.17, 15) is 0 Å². The van der Waals surface area contributed by atoms with Crippen LogP contribution in [0.2, 0.25) is 5.15 Å². The molecule has 0 amide bonds. The number of rotatable bonds is 3. The van der Waals surface area contributed by atoms with Gasteiger partial charge in [0.15, 0.2) is 0 Å². The quantitative estimate of drug-likeness (QED) is 0.317. The predicted octanol–water partition coefficient (Wildman–Crippen LogP) is 2.90. The van der Waals surface area contributed by atoms with Gasteiger partial charge in [0.1, 0.15) is 5.15 Å². The second kappa shape index (κ2) is 4.70. The summed E-state index contributed by atoms with van der Waals surface area (Å²) in [6, 6.07) is 3.71. The van der Waals surface area contributed by atoms with Crippen molar-refractivity contribution in [2.45, 2.75) is 13.3 Å². The van der Waals surface area contributed by atoms with E-state index in [-0.39, 0.29) is 0 Å². The van der Waals surface area contributed by atoms with Gasteiger partial charge < -0.3 is 0 Å². The predicted molar refractivity (Wildman–Crippen MR) is 51.7 cm³/mol. The van der Waals surface area contributed by atoms with Crippen molar-refractivity contribution in [1.82, 2.24) is 4.98 Å². The maximum Gasteiger partial charge on any atom is 0.129 e.